The number of thiazole rings is 1. The minimum Gasteiger partial charge on any atom is -0.320 e. The lowest BCUT2D eigenvalue weighted by molar-refractivity contribution is 0.102. The lowest BCUT2D eigenvalue weighted by atomic mass is 10.1. The molecule has 3 heterocycles. The molecule has 2 aromatic heterocycles. The van der Waals surface area contributed by atoms with E-state index in [4.69, 9.17) is 4.98 Å². The Hall–Kier alpha value is -4.20. The molecule has 0 radical (unpaired) electrons. The molecule has 6 nitrogen and oxygen atoms in total. The molecule has 0 bridgehead atoms. The molecule has 1 aliphatic rings. The van der Waals surface area contributed by atoms with Crippen molar-refractivity contribution in [1.29, 1.82) is 0 Å². The monoisotopic (exact) mass is 545 g/mol. The van der Waals surface area contributed by atoms with Crippen LogP contribution >= 0.6 is 11.3 Å². The molecule has 5 aromatic rings. The van der Waals surface area contributed by atoms with Gasteiger partial charge in [-0.05, 0) is 69.1 Å². The van der Waals surface area contributed by atoms with Crippen LogP contribution in [0.25, 0.3) is 32.4 Å². The Kier molecular flexibility index (Phi) is 8.02. The van der Waals surface area contributed by atoms with Crippen molar-refractivity contribution in [1.82, 2.24) is 19.9 Å². The summed E-state index contributed by atoms with van der Waals surface area (Å²) in [5.41, 5.74) is 4.86. The number of nitrogens with zero attached hydrogens (tertiary/aromatic N) is 4. The number of hydrogen-bond acceptors (Lipinski definition) is 6. The lowest BCUT2D eigenvalue weighted by Gasteiger charge is -2.14. The van der Waals surface area contributed by atoms with Gasteiger partial charge in [0.15, 0.2) is 5.82 Å². The fraction of sp³-hybridized carbons (Fsp3) is 0.212. The number of para-hydroxylation sites is 1. The number of anilines is 1. The smallest absolute Gasteiger partial charge is 0.274 e. The number of likely N-dealkylation sites (tertiary alicyclic amines) is 1. The molecule has 1 saturated heterocycles. The summed E-state index contributed by atoms with van der Waals surface area (Å²) in [5, 5.41) is 3.96. The molecule has 0 aliphatic carbocycles. The number of hydrogen-bond donors (Lipinski definition) is 1. The predicted octanol–water partition coefficient (Wildman–Crippen LogP) is 7.21. The molecule has 0 atom stereocenters. The van der Waals surface area contributed by atoms with Crippen molar-refractivity contribution < 1.29 is 4.79 Å². The van der Waals surface area contributed by atoms with Gasteiger partial charge in [0.05, 0.1) is 10.6 Å². The van der Waals surface area contributed by atoms with E-state index in [9.17, 15) is 4.79 Å². The van der Waals surface area contributed by atoms with E-state index in [2.05, 4.69) is 32.3 Å². The number of carbonyl (C=O) groups is 1. The number of nitrogens with one attached hydrogen (secondary N) is 1. The van der Waals surface area contributed by atoms with E-state index in [0.717, 1.165) is 51.7 Å². The highest BCUT2D eigenvalue weighted by atomic mass is 32.1. The van der Waals surface area contributed by atoms with Gasteiger partial charge in [-0.2, -0.15) is 0 Å². The third kappa shape index (κ3) is 6.17. The van der Waals surface area contributed by atoms with Crippen LogP contribution in [0.3, 0.4) is 0 Å². The van der Waals surface area contributed by atoms with Gasteiger partial charge in [-0.25, -0.2) is 15.0 Å². The number of carbonyl (C=O) groups excluding carboxylic acids is 1. The van der Waals surface area contributed by atoms with Crippen LogP contribution in [-0.4, -0.2) is 45.4 Å². The second-order valence-corrected chi connectivity index (χ2v) is 11.0. The van der Waals surface area contributed by atoms with Gasteiger partial charge < -0.3 is 10.2 Å². The van der Waals surface area contributed by atoms with Gasteiger partial charge in [0.1, 0.15) is 10.7 Å². The summed E-state index contributed by atoms with van der Waals surface area (Å²) in [6.45, 7) is 3.41. The van der Waals surface area contributed by atoms with Crippen molar-refractivity contribution in [2.24, 2.45) is 0 Å². The van der Waals surface area contributed by atoms with Gasteiger partial charge in [-0.15, -0.1) is 11.3 Å². The second-order valence-electron chi connectivity index (χ2n) is 9.98. The summed E-state index contributed by atoms with van der Waals surface area (Å²) < 4.78 is 0. The van der Waals surface area contributed by atoms with Gasteiger partial charge in [-0.3, -0.25) is 4.79 Å². The second kappa shape index (κ2) is 12.3. The Morgan fingerprint density at radius 3 is 2.33 bits per heavy atom. The zero-order valence-corrected chi connectivity index (χ0v) is 23.1. The van der Waals surface area contributed by atoms with Gasteiger partial charge >= 0.3 is 0 Å². The fourth-order valence-electron chi connectivity index (χ4n) is 5.05. The average Bonchev–Trinajstić information content (AvgIpc) is 3.71. The molecule has 1 aliphatic heterocycles. The Balaban J connectivity index is 1.25. The predicted molar refractivity (Wildman–Crippen MR) is 162 cm³/mol. The fourth-order valence-corrected chi connectivity index (χ4v) is 6.01. The average molecular weight is 546 g/mol. The summed E-state index contributed by atoms with van der Waals surface area (Å²) in [7, 11) is 0. The van der Waals surface area contributed by atoms with Crippen molar-refractivity contribution in [2.45, 2.75) is 25.7 Å². The van der Waals surface area contributed by atoms with Crippen LogP contribution in [0.15, 0.2) is 97.2 Å². The first-order chi connectivity index (χ1) is 19.7. The molecule has 7 heteroatoms. The maximum atomic E-state index is 13.6. The van der Waals surface area contributed by atoms with Crippen molar-refractivity contribution in [3.05, 3.63) is 109 Å². The third-order valence-electron chi connectivity index (χ3n) is 7.12. The summed E-state index contributed by atoms with van der Waals surface area (Å²) >= 11 is 1.61. The molecular formula is C33H31N5OS. The number of aryl methyl sites for hydroxylation is 1. The summed E-state index contributed by atoms with van der Waals surface area (Å²) in [6.07, 6.45) is 6.26. The zero-order valence-electron chi connectivity index (χ0n) is 22.3. The van der Waals surface area contributed by atoms with E-state index in [1.165, 1.54) is 25.9 Å². The highest BCUT2D eigenvalue weighted by molar-refractivity contribution is 7.18. The Morgan fingerprint density at radius 2 is 1.55 bits per heavy atom. The summed E-state index contributed by atoms with van der Waals surface area (Å²) in [5.74, 6) is 0.317. The maximum absolute atomic E-state index is 13.6. The van der Waals surface area contributed by atoms with Crippen LogP contribution < -0.4 is 5.32 Å². The number of rotatable bonds is 9. The van der Waals surface area contributed by atoms with Gasteiger partial charge in [0.2, 0.25) is 0 Å². The SMILES string of the molecule is O=C(Nc1ccccc1-c1ncc(-c2ccccc2)s1)c1cc(CCCN2CCCC2)nc(-c2ccccc2)n1. The van der Waals surface area contributed by atoms with Crippen LogP contribution in [0.5, 0.6) is 0 Å². The van der Waals surface area contributed by atoms with Gasteiger partial charge in [0, 0.05) is 23.0 Å². The van der Waals surface area contributed by atoms with Crippen molar-refractivity contribution in [3.63, 3.8) is 0 Å². The van der Waals surface area contributed by atoms with E-state index >= 15 is 0 Å². The van der Waals surface area contributed by atoms with E-state index in [0.29, 0.717) is 17.2 Å². The molecule has 3 aromatic carbocycles. The van der Waals surface area contributed by atoms with E-state index in [1.54, 1.807) is 11.3 Å². The molecule has 0 spiro atoms. The van der Waals surface area contributed by atoms with Crippen molar-refractivity contribution >= 4 is 22.9 Å². The molecule has 1 amide bonds. The highest BCUT2D eigenvalue weighted by Gasteiger charge is 2.17. The largest absolute Gasteiger partial charge is 0.320 e. The molecular weight excluding hydrogens is 514 g/mol. The summed E-state index contributed by atoms with van der Waals surface area (Å²) in [4.78, 5) is 31.4. The van der Waals surface area contributed by atoms with Crippen molar-refractivity contribution in [3.8, 4) is 32.4 Å². The molecule has 0 unspecified atom stereocenters. The Bertz CT molecular complexity index is 1580. The maximum Gasteiger partial charge on any atom is 0.274 e. The van der Waals surface area contributed by atoms with Crippen LogP contribution in [0.2, 0.25) is 0 Å². The molecule has 40 heavy (non-hydrogen) atoms. The Morgan fingerprint density at radius 1 is 0.850 bits per heavy atom. The molecule has 1 fully saturated rings. The van der Waals surface area contributed by atoms with Gasteiger partial charge in [-0.1, -0.05) is 72.8 Å². The topological polar surface area (TPSA) is 71.0 Å². The first-order valence-electron chi connectivity index (χ1n) is 13.8. The van der Waals surface area contributed by atoms with Gasteiger partial charge in [0.25, 0.3) is 5.91 Å². The van der Waals surface area contributed by atoms with E-state index in [-0.39, 0.29) is 5.91 Å². The molecule has 1 N–H and O–H groups in total. The van der Waals surface area contributed by atoms with Crippen LogP contribution in [0.1, 0.15) is 35.4 Å². The quantitative estimate of drug-likeness (QED) is 0.212. The van der Waals surface area contributed by atoms with E-state index < -0.39 is 0 Å². The number of amides is 1. The number of aromatic nitrogens is 3. The van der Waals surface area contributed by atoms with Crippen LogP contribution in [0, 0.1) is 0 Å². The summed E-state index contributed by atoms with van der Waals surface area (Å²) in [6, 6.07) is 29.7. The minimum absolute atomic E-state index is 0.257. The highest BCUT2D eigenvalue weighted by Crippen LogP contribution is 2.35. The van der Waals surface area contributed by atoms with E-state index in [1.807, 2.05) is 85.1 Å². The zero-order chi connectivity index (χ0) is 27.1. The Labute approximate surface area is 238 Å². The molecule has 6 rings (SSSR count). The lowest BCUT2D eigenvalue weighted by Crippen LogP contribution is -2.21. The molecule has 0 saturated carbocycles. The first-order valence-corrected chi connectivity index (χ1v) is 14.6. The first kappa shape index (κ1) is 26.0. The third-order valence-corrected chi connectivity index (χ3v) is 8.20. The molecule has 200 valence electrons. The van der Waals surface area contributed by atoms with Crippen molar-refractivity contribution in [2.75, 3.05) is 25.0 Å². The normalized spacial score (nSPS) is 13.4. The minimum atomic E-state index is -0.257. The standard InChI is InChI=1S/C33H31N5OS/c39-32(37-28-18-8-7-17-27(28)33-34-23-30(40-33)24-12-3-1-4-13-24)29-22-26(16-11-21-38-19-9-10-20-38)35-31(36-29)25-14-5-2-6-15-25/h1-8,12-15,17-18,22-23H,9-11,16,19-21H2,(H,37,39). The van der Waals surface area contributed by atoms with Crippen LogP contribution in [-0.2, 0) is 6.42 Å². The number of benzene rings is 3. The van der Waals surface area contributed by atoms with Crippen LogP contribution in [0.4, 0.5) is 5.69 Å².